The lowest BCUT2D eigenvalue weighted by molar-refractivity contribution is -0.440. The summed E-state index contributed by atoms with van der Waals surface area (Å²) in [6, 6.07) is 0. The first-order valence-electron chi connectivity index (χ1n) is 9.21. The van der Waals surface area contributed by atoms with Crippen molar-refractivity contribution >= 4 is 17.3 Å². The molecule has 0 saturated carbocycles. The van der Waals surface area contributed by atoms with E-state index in [9.17, 15) is 72.4 Å². The molecule has 0 aliphatic carbocycles. The fraction of sp³-hybridized carbons (Fsp3) is 0.933. The first-order chi connectivity index (χ1) is 15.9. The van der Waals surface area contributed by atoms with Crippen molar-refractivity contribution in [3.8, 4) is 0 Å². The van der Waals surface area contributed by atoms with Crippen molar-refractivity contribution in [1.82, 2.24) is 10.6 Å². The van der Waals surface area contributed by atoms with Crippen molar-refractivity contribution in [3.63, 3.8) is 0 Å². The van der Waals surface area contributed by atoms with Gasteiger partial charge in [0.25, 0.3) is 0 Å². The Kier molecular flexibility index (Phi) is 9.41. The minimum Gasteiger partial charge on any atom is -0.394 e. The number of thiocarbonyl (C=S) groups is 1. The third-order valence-electron chi connectivity index (χ3n) is 4.89. The molecule has 21 heteroatoms. The van der Waals surface area contributed by atoms with Crippen molar-refractivity contribution in [2.24, 2.45) is 0 Å². The van der Waals surface area contributed by atoms with E-state index in [-0.39, 0.29) is 0 Å². The Bertz CT molecular complexity index is 783. The molecular formula is C15H17F13N2O5S. The number of rotatable bonds is 9. The van der Waals surface area contributed by atoms with E-state index in [2.05, 4.69) is 12.2 Å². The Morgan fingerprint density at radius 1 is 0.722 bits per heavy atom. The summed E-state index contributed by atoms with van der Waals surface area (Å²) in [6.07, 6.45) is -19.1. The molecule has 0 radical (unpaired) electrons. The van der Waals surface area contributed by atoms with E-state index in [1.165, 1.54) is 0 Å². The Morgan fingerprint density at radius 2 is 1.19 bits per heavy atom. The molecule has 1 saturated heterocycles. The highest BCUT2D eigenvalue weighted by atomic mass is 32.1. The van der Waals surface area contributed by atoms with Gasteiger partial charge in [0.2, 0.25) is 0 Å². The van der Waals surface area contributed by atoms with Crippen molar-refractivity contribution in [1.29, 1.82) is 0 Å². The lowest BCUT2D eigenvalue weighted by Gasteiger charge is -2.40. The van der Waals surface area contributed by atoms with Crippen LogP contribution in [-0.4, -0.2) is 105 Å². The Balaban J connectivity index is 2.92. The number of aliphatic hydroxyl groups excluding tert-OH is 4. The molecule has 1 aliphatic heterocycles. The van der Waals surface area contributed by atoms with E-state index in [0.717, 1.165) is 0 Å². The van der Waals surface area contributed by atoms with Gasteiger partial charge in [0.15, 0.2) is 11.3 Å². The van der Waals surface area contributed by atoms with Crippen LogP contribution in [0.2, 0.25) is 0 Å². The molecule has 1 rings (SSSR count). The quantitative estimate of drug-likeness (QED) is 0.178. The van der Waals surface area contributed by atoms with Crippen LogP contribution in [-0.2, 0) is 4.74 Å². The van der Waals surface area contributed by atoms with Crippen molar-refractivity contribution in [3.05, 3.63) is 0 Å². The van der Waals surface area contributed by atoms with Gasteiger partial charge in [-0.2, -0.15) is 57.1 Å². The predicted molar refractivity (Wildman–Crippen MR) is 92.9 cm³/mol. The van der Waals surface area contributed by atoms with Crippen LogP contribution in [0, 0.1) is 0 Å². The topological polar surface area (TPSA) is 114 Å². The maximum atomic E-state index is 13.7. The molecule has 1 aliphatic rings. The highest BCUT2D eigenvalue weighted by molar-refractivity contribution is 7.80. The summed E-state index contributed by atoms with van der Waals surface area (Å²) < 4.78 is 175. The number of aliphatic hydroxyl groups is 4. The zero-order valence-electron chi connectivity index (χ0n) is 17.0. The number of halogens is 13. The molecule has 0 bridgehead atoms. The van der Waals surface area contributed by atoms with Gasteiger partial charge in [-0.05, 0) is 12.2 Å². The molecule has 0 aromatic rings. The van der Waals surface area contributed by atoms with Gasteiger partial charge in [0.05, 0.1) is 6.61 Å². The Labute approximate surface area is 197 Å². The molecule has 0 aromatic carbocycles. The second kappa shape index (κ2) is 10.4. The van der Waals surface area contributed by atoms with E-state index >= 15 is 0 Å². The zero-order valence-corrected chi connectivity index (χ0v) is 17.8. The van der Waals surface area contributed by atoms with Gasteiger partial charge in [0.1, 0.15) is 24.4 Å². The number of hydrogen-bond acceptors (Lipinski definition) is 6. The molecule has 0 amide bonds. The summed E-state index contributed by atoms with van der Waals surface area (Å²) in [4.78, 5) is 0. The molecule has 6 N–H and O–H groups in total. The van der Waals surface area contributed by atoms with Crippen molar-refractivity contribution in [2.75, 3.05) is 13.2 Å². The maximum Gasteiger partial charge on any atom is 0.460 e. The molecule has 0 spiro atoms. The first kappa shape index (κ1) is 32.6. The van der Waals surface area contributed by atoms with Crippen LogP contribution in [0.3, 0.4) is 0 Å². The first-order valence-corrected chi connectivity index (χ1v) is 9.62. The molecule has 0 aromatic heterocycles. The SMILES string of the molecule is OCC1OC(NC(=S)NCCC(F)(F)C(F)(F)C(F)(F)C(F)(F)C(F)(F)C(F)(F)F)C(O)C(O)C1O. The summed E-state index contributed by atoms with van der Waals surface area (Å²) >= 11 is 4.49. The third-order valence-corrected chi connectivity index (χ3v) is 5.15. The van der Waals surface area contributed by atoms with Crippen LogP contribution in [0.4, 0.5) is 57.1 Å². The van der Waals surface area contributed by atoms with Gasteiger partial charge in [-0.1, -0.05) is 0 Å². The van der Waals surface area contributed by atoms with Gasteiger partial charge in [-0.15, -0.1) is 0 Å². The van der Waals surface area contributed by atoms with Crippen LogP contribution in [0.25, 0.3) is 0 Å². The maximum absolute atomic E-state index is 13.7. The smallest absolute Gasteiger partial charge is 0.394 e. The van der Waals surface area contributed by atoms with Crippen molar-refractivity contribution in [2.45, 2.75) is 72.9 Å². The Morgan fingerprint density at radius 3 is 1.64 bits per heavy atom. The summed E-state index contributed by atoms with van der Waals surface area (Å²) in [5.74, 6) is -37.5. The highest BCUT2D eigenvalue weighted by Gasteiger charge is 2.90. The molecule has 214 valence electrons. The third kappa shape index (κ3) is 5.54. The summed E-state index contributed by atoms with van der Waals surface area (Å²) in [7, 11) is 0. The molecule has 1 heterocycles. The van der Waals surface area contributed by atoms with E-state index in [1.54, 1.807) is 5.32 Å². The molecule has 36 heavy (non-hydrogen) atoms. The summed E-state index contributed by atoms with van der Waals surface area (Å²) in [6.45, 7) is -2.53. The lowest BCUT2D eigenvalue weighted by Crippen LogP contribution is -2.70. The van der Waals surface area contributed by atoms with Crippen LogP contribution >= 0.6 is 12.2 Å². The second-order valence-electron chi connectivity index (χ2n) is 7.40. The number of nitrogens with one attached hydrogen (secondary N) is 2. The largest absolute Gasteiger partial charge is 0.460 e. The monoisotopic (exact) mass is 584 g/mol. The summed E-state index contributed by atoms with van der Waals surface area (Å²) in [5.41, 5.74) is 0. The van der Waals surface area contributed by atoms with Gasteiger partial charge >= 0.3 is 35.8 Å². The van der Waals surface area contributed by atoms with Gasteiger partial charge in [0, 0.05) is 13.0 Å². The molecule has 7 nitrogen and oxygen atoms in total. The second-order valence-corrected chi connectivity index (χ2v) is 7.81. The molecular weight excluding hydrogens is 567 g/mol. The zero-order chi connectivity index (χ0) is 28.7. The molecule has 1 fully saturated rings. The van der Waals surface area contributed by atoms with Gasteiger partial charge in [-0.25, -0.2) is 0 Å². The van der Waals surface area contributed by atoms with Crippen LogP contribution < -0.4 is 10.6 Å². The fourth-order valence-electron chi connectivity index (χ4n) is 2.69. The predicted octanol–water partition coefficient (Wildman–Crippen LogP) is 1.38. The van der Waals surface area contributed by atoms with Crippen LogP contribution in [0.15, 0.2) is 0 Å². The van der Waals surface area contributed by atoms with Crippen LogP contribution in [0.5, 0.6) is 0 Å². The van der Waals surface area contributed by atoms with Crippen LogP contribution in [0.1, 0.15) is 6.42 Å². The fourth-order valence-corrected chi connectivity index (χ4v) is 2.91. The van der Waals surface area contributed by atoms with E-state index in [4.69, 9.17) is 9.84 Å². The van der Waals surface area contributed by atoms with Gasteiger partial charge < -0.3 is 35.8 Å². The highest BCUT2D eigenvalue weighted by Crippen LogP contribution is 2.60. The van der Waals surface area contributed by atoms with E-state index in [0.29, 0.717) is 0 Å². The minimum atomic E-state index is -8.00. The lowest BCUT2D eigenvalue weighted by atomic mass is 9.92. The number of ether oxygens (including phenoxy) is 1. The van der Waals surface area contributed by atoms with Gasteiger partial charge in [-0.3, -0.25) is 0 Å². The molecule has 5 unspecified atom stereocenters. The minimum absolute atomic E-state index is 0.904. The normalized spacial score (nSPS) is 27.1. The van der Waals surface area contributed by atoms with E-state index < -0.39 is 91.1 Å². The number of hydrogen-bond donors (Lipinski definition) is 6. The summed E-state index contributed by atoms with van der Waals surface area (Å²) in [5, 5.41) is 40.6. The number of alkyl halides is 13. The molecule has 5 atom stereocenters. The standard InChI is InChI=1S/C15H17F13N2O5S/c16-10(17,11(18,19)12(20,21)13(22,23)14(24,25)15(26,27)28)1-2-29-9(36)30-8-7(34)6(33)5(32)4(3-31)35-8/h4-8,31-34H,1-3H2,(H2,29,30,36). The van der Waals surface area contributed by atoms with E-state index in [1.807, 2.05) is 5.32 Å². The average molecular weight is 584 g/mol. The Hall–Kier alpha value is -1.42. The van der Waals surface area contributed by atoms with Crippen molar-refractivity contribution < 1.29 is 82.2 Å². The average Bonchev–Trinajstić information content (AvgIpc) is 2.72.